The molecule has 0 aromatic carbocycles. The smallest absolute Gasteiger partial charge is 1.00 e. The third-order valence-corrected chi connectivity index (χ3v) is 1.25. The van der Waals surface area contributed by atoms with Crippen LogP contribution in [0.2, 0.25) is 0 Å². The van der Waals surface area contributed by atoms with Crippen molar-refractivity contribution in [2.45, 2.75) is 39.5 Å². The van der Waals surface area contributed by atoms with Crippen molar-refractivity contribution < 1.29 is 40.8 Å². The molecule has 0 atom stereocenters. The molecule has 0 radical (unpaired) electrons. The number of unbranched alkanes of at least 4 members (excludes halogenated alkanes) is 2. The second-order valence-corrected chi connectivity index (χ2v) is 2.35. The van der Waals surface area contributed by atoms with Crippen LogP contribution in [0.4, 0.5) is 0 Å². The van der Waals surface area contributed by atoms with Crippen LogP contribution in [0.25, 0.3) is 0 Å². The maximum absolute atomic E-state index is 4.88. The van der Waals surface area contributed by atoms with Crippen molar-refractivity contribution in [1.29, 1.82) is 0 Å². The van der Waals surface area contributed by atoms with Gasteiger partial charge in [-0.25, -0.2) is 9.78 Å². The minimum atomic E-state index is 0. The van der Waals surface area contributed by atoms with Crippen molar-refractivity contribution in [3.63, 3.8) is 0 Å². The minimum Gasteiger partial charge on any atom is -1.00 e. The molecule has 0 saturated carbocycles. The Morgan fingerprint density at radius 3 is 1.55 bits per heavy atom. The summed E-state index contributed by atoms with van der Waals surface area (Å²) in [5, 5.41) is 0. The van der Waals surface area contributed by atoms with Gasteiger partial charge in [0.2, 0.25) is 0 Å². The van der Waals surface area contributed by atoms with Gasteiger partial charge in [0, 0.05) is 0 Å². The maximum atomic E-state index is 4.88. The first-order valence-electron chi connectivity index (χ1n) is 4.16. The standard InChI is InChI=1S/C8H18O2.Na.H/c1-3-5-7-9-10-8-6-4-2;;/h3-8H2,1-2H3;;/q;+1;-1. The molecule has 0 aromatic rings. The van der Waals surface area contributed by atoms with E-state index >= 15 is 0 Å². The fourth-order valence-corrected chi connectivity index (χ4v) is 0.524. The molecule has 3 heteroatoms. The van der Waals surface area contributed by atoms with Crippen LogP contribution >= 0.6 is 0 Å². The molecular weight excluding hydrogens is 151 g/mol. The Morgan fingerprint density at radius 2 is 1.27 bits per heavy atom. The fourth-order valence-electron chi connectivity index (χ4n) is 0.524. The zero-order valence-corrected chi connectivity index (χ0v) is 10.1. The van der Waals surface area contributed by atoms with Gasteiger partial charge in [0.1, 0.15) is 0 Å². The van der Waals surface area contributed by atoms with Crippen LogP contribution in [0.5, 0.6) is 0 Å². The predicted octanol–water partition coefficient (Wildman–Crippen LogP) is -0.349. The van der Waals surface area contributed by atoms with Crippen LogP contribution in [0.15, 0.2) is 0 Å². The van der Waals surface area contributed by atoms with E-state index in [0.29, 0.717) is 0 Å². The van der Waals surface area contributed by atoms with Crippen LogP contribution in [0.3, 0.4) is 0 Å². The van der Waals surface area contributed by atoms with E-state index in [-0.39, 0.29) is 31.0 Å². The van der Waals surface area contributed by atoms with Crippen molar-refractivity contribution in [2.24, 2.45) is 0 Å². The monoisotopic (exact) mass is 170 g/mol. The number of hydrogen-bond donors (Lipinski definition) is 0. The third kappa shape index (κ3) is 13.9. The molecule has 0 heterocycles. The van der Waals surface area contributed by atoms with E-state index in [4.69, 9.17) is 9.78 Å². The first-order chi connectivity index (χ1) is 4.91. The fraction of sp³-hybridized carbons (Fsp3) is 1.00. The second-order valence-electron chi connectivity index (χ2n) is 2.35. The Kier molecular flexibility index (Phi) is 17.7. The Morgan fingerprint density at radius 1 is 0.909 bits per heavy atom. The molecule has 0 fully saturated rings. The molecular formula is C8H19NaO2. The van der Waals surface area contributed by atoms with Crippen molar-refractivity contribution in [3.8, 4) is 0 Å². The molecule has 0 saturated heterocycles. The number of hydrogen-bond acceptors (Lipinski definition) is 2. The average molecular weight is 170 g/mol. The summed E-state index contributed by atoms with van der Waals surface area (Å²) >= 11 is 0. The van der Waals surface area contributed by atoms with Gasteiger partial charge in [-0.1, -0.05) is 26.7 Å². The van der Waals surface area contributed by atoms with E-state index in [1.165, 1.54) is 0 Å². The zero-order chi connectivity index (χ0) is 7.66. The Balaban J connectivity index is -0.000000405. The van der Waals surface area contributed by atoms with Crippen LogP contribution in [0, 0.1) is 0 Å². The molecule has 0 aliphatic carbocycles. The molecule has 0 N–H and O–H groups in total. The number of rotatable bonds is 7. The maximum Gasteiger partial charge on any atom is 1.00 e. The van der Waals surface area contributed by atoms with Crippen LogP contribution in [0.1, 0.15) is 41.0 Å². The first kappa shape index (κ1) is 14.4. The summed E-state index contributed by atoms with van der Waals surface area (Å²) in [5.41, 5.74) is 0. The van der Waals surface area contributed by atoms with Crippen LogP contribution < -0.4 is 29.6 Å². The summed E-state index contributed by atoms with van der Waals surface area (Å²) in [4.78, 5) is 9.75. The SMILES string of the molecule is CCCCOOCCCC.[H-].[Na+]. The van der Waals surface area contributed by atoms with E-state index in [9.17, 15) is 0 Å². The Bertz CT molecular complexity index is 57.0. The molecule has 0 amide bonds. The summed E-state index contributed by atoms with van der Waals surface area (Å²) in [6.07, 6.45) is 4.51. The normalized spacial score (nSPS) is 9.27. The molecule has 64 valence electrons. The van der Waals surface area contributed by atoms with E-state index < -0.39 is 0 Å². The molecule has 0 unspecified atom stereocenters. The summed E-state index contributed by atoms with van der Waals surface area (Å²) in [7, 11) is 0. The van der Waals surface area contributed by atoms with Gasteiger partial charge >= 0.3 is 29.6 Å². The quantitative estimate of drug-likeness (QED) is 0.225. The molecule has 0 aromatic heterocycles. The van der Waals surface area contributed by atoms with Gasteiger partial charge in [0.15, 0.2) is 0 Å². The zero-order valence-electron chi connectivity index (χ0n) is 9.06. The van der Waals surface area contributed by atoms with Gasteiger partial charge in [-0.05, 0) is 12.8 Å². The molecule has 0 spiro atoms. The van der Waals surface area contributed by atoms with Gasteiger partial charge < -0.3 is 1.43 Å². The van der Waals surface area contributed by atoms with E-state index in [0.717, 1.165) is 38.9 Å². The minimum absolute atomic E-state index is 0. The average Bonchev–Trinajstić information content (AvgIpc) is 1.97. The van der Waals surface area contributed by atoms with Crippen molar-refractivity contribution >= 4 is 0 Å². The summed E-state index contributed by atoms with van der Waals surface area (Å²) in [6.45, 7) is 5.74. The van der Waals surface area contributed by atoms with Gasteiger partial charge in [0.05, 0.1) is 13.2 Å². The molecule has 0 bridgehead atoms. The Labute approximate surface area is 93.3 Å². The molecule has 0 rings (SSSR count). The third-order valence-electron chi connectivity index (χ3n) is 1.25. The van der Waals surface area contributed by atoms with Gasteiger partial charge in [-0.3, -0.25) is 0 Å². The van der Waals surface area contributed by atoms with E-state index in [1.807, 2.05) is 0 Å². The molecule has 2 nitrogen and oxygen atoms in total. The first-order valence-corrected chi connectivity index (χ1v) is 4.16. The topological polar surface area (TPSA) is 18.5 Å². The van der Waals surface area contributed by atoms with Crippen LogP contribution in [-0.4, -0.2) is 13.2 Å². The second kappa shape index (κ2) is 13.5. The summed E-state index contributed by atoms with van der Waals surface area (Å²) in [5.74, 6) is 0. The van der Waals surface area contributed by atoms with E-state index in [2.05, 4.69) is 13.8 Å². The summed E-state index contributed by atoms with van der Waals surface area (Å²) < 4.78 is 0. The van der Waals surface area contributed by atoms with Gasteiger partial charge in [-0.15, -0.1) is 0 Å². The molecule has 11 heavy (non-hydrogen) atoms. The summed E-state index contributed by atoms with van der Waals surface area (Å²) in [6, 6.07) is 0. The van der Waals surface area contributed by atoms with Gasteiger partial charge in [0.25, 0.3) is 0 Å². The van der Waals surface area contributed by atoms with E-state index in [1.54, 1.807) is 0 Å². The van der Waals surface area contributed by atoms with Gasteiger partial charge in [-0.2, -0.15) is 0 Å². The molecule has 0 aliphatic heterocycles. The van der Waals surface area contributed by atoms with Crippen LogP contribution in [-0.2, 0) is 9.78 Å². The molecule has 0 aliphatic rings. The van der Waals surface area contributed by atoms with Crippen molar-refractivity contribution in [3.05, 3.63) is 0 Å². The predicted molar refractivity (Wildman–Crippen MR) is 42.8 cm³/mol. The largest absolute Gasteiger partial charge is 1.00 e. The van der Waals surface area contributed by atoms with Crippen molar-refractivity contribution in [1.82, 2.24) is 0 Å². The Hall–Kier alpha value is 0.920. The van der Waals surface area contributed by atoms with Crippen molar-refractivity contribution in [2.75, 3.05) is 13.2 Å².